The summed E-state index contributed by atoms with van der Waals surface area (Å²) in [5.41, 5.74) is 2.06. The van der Waals surface area contributed by atoms with E-state index in [1.807, 2.05) is 0 Å². The molecule has 0 atom stereocenters. The zero-order valence-corrected chi connectivity index (χ0v) is 17.0. The van der Waals surface area contributed by atoms with E-state index in [4.69, 9.17) is 24.7 Å². The molecule has 0 unspecified atom stereocenters. The first-order chi connectivity index (χ1) is 12.7. The quantitative estimate of drug-likeness (QED) is 0.594. The maximum atomic E-state index is 12.1. The van der Waals surface area contributed by atoms with Gasteiger partial charge in [-0.1, -0.05) is 5.16 Å². The topological polar surface area (TPSA) is 96.5 Å². The minimum atomic E-state index is -4.00. The second kappa shape index (κ2) is 6.90. The van der Waals surface area contributed by atoms with Crippen LogP contribution in [0.15, 0.2) is 27.6 Å². The Morgan fingerprint density at radius 2 is 1.78 bits per heavy atom. The average Bonchev–Trinajstić information content (AvgIpc) is 3.19. The van der Waals surface area contributed by atoms with Crippen LogP contribution in [-0.4, -0.2) is 37.3 Å². The summed E-state index contributed by atoms with van der Waals surface area (Å²) in [7, 11) is 6.44. The summed E-state index contributed by atoms with van der Waals surface area (Å²) in [6.45, 7) is 3.42. The Bertz CT molecular complexity index is 1120. The summed E-state index contributed by atoms with van der Waals surface area (Å²) < 4.78 is 41.7. The van der Waals surface area contributed by atoms with Gasteiger partial charge in [0.15, 0.2) is 11.5 Å². The molecule has 1 aromatic carbocycles. The van der Waals surface area contributed by atoms with Gasteiger partial charge in [0.25, 0.3) is 14.9 Å². The van der Waals surface area contributed by atoms with Gasteiger partial charge in [-0.15, -0.1) is 0 Å². The van der Waals surface area contributed by atoms with Crippen molar-refractivity contribution < 1.29 is 22.4 Å². The number of methoxy groups -OCH3 is 2. The summed E-state index contributed by atoms with van der Waals surface area (Å²) in [5.74, 6) is 1.43. The lowest BCUT2D eigenvalue weighted by Gasteiger charge is -2.07. The van der Waals surface area contributed by atoms with Crippen molar-refractivity contribution in [1.29, 1.82) is 0 Å². The zero-order valence-electron chi connectivity index (χ0n) is 15.4. The van der Waals surface area contributed by atoms with Crippen molar-refractivity contribution in [3.05, 3.63) is 29.6 Å². The smallest absolute Gasteiger partial charge is 0.263 e. The summed E-state index contributed by atoms with van der Waals surface area (Å²) in [6.07, 6.45) is 0. The van der Waals surface area contributed by atoms with Crippen LogP contribution in [0.3, 0.4) is 0 Å². The molecular formula is C17H18ClN3O5S. The first kappa shape index (κ1) is 19.2. The van der Waals surface area contributed by atoms with Crippen molar-refractivity contribution in [2.75, 3.05) is 14.2 Å². The Kier molecular flexibility index (Phi) is 4.92. The maximum Gasteiger partial charge on any atom is 0.263 e. The van der Waals surface area contributed by atoms with E-state index in [1.165, 1.54) is 7.11 Å². The second-order valence-electron chi connectivity index (χ2n) is 5.86. The van der Waals surface area contributed by atoms with E-state index in [0.717, 1.165) is 0 Å². The number of halogens is 1. The molecule has 0 saturated carbocycles. The number of benzene rings is 1. The SMILES string of the molecule is COc1ccc(-c2noc(-c3c(S(=O)(=O)Cl)c(C)n(C)c3C)n2)cc1OC. The number of hydrogen-bond donors (Lipinski definition) is 0. The Labute approximate surface area is 161 Å². The molecule has 144 valence electrons. The van der Waals surface area contributed by atoms with Crippen molar-refractivity contribution in [2.45, 2.75) is 18.7 Å². The van der Waals surface area contributed by atoms with Crippen molar-refractivity contribution in [2.24, 2.45) is 7.05 Å². The van der Waals surface area contributed by atoms with E-state index in [-0.39, 0.29) is 16.6 Å². The molecule has 0 aliphatic carbocycles. The number of rotatable bonds is 5. The molecule has 0 saturated heterocycles. The van der Waals surface area contributed by atoms with Gasteiger partial charge in [-0.25, -0.2) is 8.42 Å². The first-order valence-corrected chi connectivity index (χ1v) is 10.2. The molecule has 3 aromatic rings. The van der Waals surface area contributed by atoms with E-state index in [0.29, 0.717) is 34.0 Å². The van der Waals surface area contributed by atoms with Gasteiger partial charge in [0.05, 0.1) is 19.8 Å². The summed E-state index contributed by atoms with van der Waals surface area (Å²) in [6, 6.07) is 5.17. The van der Waals surface area contributed by atoms with Crippen molar-refractivity contribution >= 4 is 19.7 Å². The third-order valence-corrected chi connectivity index (χ3v) is 5.90. The first-order valence-electron chi connectivity index (χ1n) is 7.86. The monoisotopic (exact) mass is 411 g/mol. The third-order valence-electron chi connectivity index (χ3n) is 4.45. The molecule has 0 N–H and O–H groups in total. The molecule has 10 heteroatoms. The molecule has 0 amide bonds. The molecular weight excluding hydrogens is 394 g/mol. The van der Waals surface area contributed by atoms with Crippen LogP contribution in [0, 0.1) is 13.8 Å². The lowest BCUT2D eigenvalue weighted by molar-refractivity contribution is 0.355. The molecule has 0 radical (unpaired) electrons. The molecule has 0 bridgehead atoms. The van der Waals surface area contributed by atoms with Gasteiger partial charge in [0.2, 0.25) is 5.82 Å². The number of hydrogen-bond acceptors (Lipinski definition) is 7. The highest BCUT2D eigenvalue weighted by molar-refractivity contribution is 8.13. The molecule has 0 fully saturated rings. The van der Waals surface area contributed by atoms with Gasteiger partial charge in [-0.05, 0) is 32.0 Å². The van der Waals surface area contributed by atoms with Crippen molar-refractivity contribution in [1.82, 2.24) is 14.7 Å². The lowest BCUT2D eigenvalue weighted by atomic mass is 10.2. The standard InChI is InChI=1S/C17H18ClN3O5S/c1-9-14(15(27(18,22)23)10(2)21(9)3)17-19-16(20-26-17)11-6-7-12(24-4)13(8-11)25-5/h6-8H,1-5H3. The largest absolute Gasteiger partial charge is 0.493 e. The number of aromatic nitrogens is 3. The Morgan fingerprint density at radius 3 is 2.37 bits per heavy atom. The predicted octanol–water partition coefficient (Wildman–Crippen LogP) is 3.30. The van der Waals surface area contributed by atoms with Gasteiger partial charge in [0.1, 0.15) is 4.90 Å². The highest BCUT2D eigenvalue weighted by atomic mass is 35.7. The van der Waals surface area contributed by atoms with Gasteiger partial charge >= 0.3 is 0 Å². The fourth-order valence-electron chi connectivity index (χ4n) is 2.88. The fraction of sp³-hybridized carbons (Fsp3) is 0.294. The van der Waals surface area contributed by atoms with Crippen LogP contribution in [0.5, 0.6) is 11.5 Å². The van der Waals surface area contributed by atoms with E-state index >= 15 is 0 Å². The van der Waals surface area contributed by atoms with Gasteiger partial charge in [-0.2, -0.15) is 4.98 Å². The van der Waals surface area contributed by atoms with Gasteiger partial charge in [0, 0.05) is 34.7 Å². The molecule has 2 aromatic heterocycles. The molecule has 0 aliphatic rings. The summed E-state index contributed by atoms with van der Waals surface area (Å²) >= 11 is 0. The average molecular weight is 412 g/mol. The highest BCUT2D eigenvalue weighted by Crippen LogP contribution is 2.37. The van der Waals surface area contributed by atoms with Crippen molar-refractivity contribution in [3.63, 3.8) is 0 Å². The normalized spacial score (nSPS) is 11.6. The van der Waals surface area contributed by atoms with E-state index in [1.54, 1.807) is 50.8 Å². The van der Waals surface area contributed by atoms with Crippen LogP contribution >= 0.6 is 10.7 Å². The minimum Gasteiger partial charge on any atom is -0.493 e. The highest BCUT2D eigenvalue weighted by Gasteiger charge is 2.29. The maximum absolute atomic E-state index is 12.1. The Hall–Kier alpha value is -2.52. The minimum absolute atomic E-state index is 0.0355. The molecule has 0 spiro atoms. The van der Waals surface area contributed by atoms with E-state index < -0.39 is 9.05 Å². The third kappa shape index (κ3) is 3.28. The summed E-state index contributed by atoms with van der Waals surface area (Å²) in [4.78, 5) is 4.33. The van der Waals surface area contributed by atoms with Gasteiger partial charge in [-0.3, -0.25) is 0 Å². The molecule has 3 rings (SSSR count). The van der Waals surface area contributed by atoms with E-state index in [9.17, 15) is 8.42 Å². The van der Waals surface area contributed by atoms with Crippen LogP contribution < -0.4 is 9.47 Å². The molecule has 0 aliphatic heterocycles. The Balaban J connectivity index is 2.15. The zero-order chi connectivity index (χ0) is 19.9. The fourth-order valence-corrected chi connectivity index (χ4v) is 4.42. The van der Waals surface area contributed by atoms with Crippen LogP contribution in [0.4, 0.5) is 0 Å². The predicted molar refractivity (Wildman–Crippen MR) is 99.8 cm³/mol. The van der Waals surface area contributed by atoms with Crippen LogP contribution in [0.2, 0.25) is 0 Å². The molecule has 8 nitrogen and oxygen atoms in total. The molecule has 2 heterocycles. The second-order valence-corrected chi connectivity index (χ2v) is 8.37. The summed E-state index contributed by atoms with van der Waals surface area (Å²) in [5, 5.41) is 3.97. The van der Waals surface area contributed by atoms with E-state index in [2.05, 4.69) is 10.1 Å². The van der Waals surface area contributed by atoms with Crippen LogP contribution in [0.25, 0.3) is 22.8 Å². The lowest BCUT2D eigenvalue weighted by Crippen LogP contribution is -1.96. The number of ether oxygens (including phenoxy) is 2. The van der Waals surface area contributed by atoms with Crippen molar-refractivity contribution in [3.8, 4) is 34.3 Å². The van der Waals surface area contributed by atoms with Crippen LogP contribution in [0.1, 0.15) is 11.4 Å². The van der Waals surface area contributed by atoms with Gasteiger partial charge < -0.3 is 18.6 Å². The van der Waals surface area contributed by atoms with Crippen LogP contribution in [-0.2, 0) is 16.1 Å². The Morgan fingerprint density at radius 1 is 1.11 bits per heavy atom. The molecule has 27 heavy (non-hydrogen) atoms. The number of nitrogens with zero attached hydrogens (tertiary/aromatic N) is 3.